The predicted molar refractivity (Wildman–Crippen MR) is 75.3 cm³/mol. The highest BCUT2D eigenvalue weighted by Crippen LogP contribution is 2.33. The fourth-order valence-corrected chi connectivity index (χ4v) is 5.30. The number of halogens is 3. The molecule has 1 atom stereocenters. The van der Waals surface area contributed by atoms with E-state index in [1.807, 2.05) is 6.92 Å². The second kappa shape index (κ2) is 5.65. The van der Waals surface area contributed by atoms with Crippen molar-refractivity contribution in [2.24, 2.45) is 0 Å². The van der Waals surface area contributed by atoms with E-state index < -0.39 is 15.8 Å². The van der Waals surface area contributed by atoms with Crippen LogP contribution in [0, 0.1) is 5.82 Å². The summed E-state index contributed by atoms with van der Waals surface area (Å²) in [7, 11) is -3.73. The van der Waals surface area contributed by atoms with Crippen LogP contribution >= 0.6 is 27.5 Å². The molecule has 106 valence electrons. The Morgan fingerprint density at radius 1 is 1.53 bits per heavy atom. The third kappa shape index (κ3) is 3.11. The van der Waals surface area contributed by atoms with Gasteiger partial charge in [-0.15, -0.1) is 0 Å². The molecule has 1 aliphatic heterocycles. The minimum atomic E-state index is -3.73. The van der Waals surface area contributed by atoms with Crippen LogP contribution in [0.25, 0.3) is 0 Å². The van der Waals surface area contributed by atoms with Crippen LogP contribution in [0.4, 0.5) is 4.39 Å². The lowest BCUT2D eigenvalue weighted by Crippen LogP contribution is -2.51. The van der Waals surface area contributed by atoms with E-state index in [0.29, 0.717) is 19.6 Å². The molecule has 1 aromatic rings. The van der Waals surface area contributed by atoms with E-state index in [-0.39, 0.29) is 20.4 Å². The van der Waals surface area contributed by atoms with Gasteiger partial charge in [0.25, 0.3) is 0 Å². The van der Waals surface area contributed by atoms with Crippen molar-refractivity contribution in [3.8, 4) is 0 Å². The molecule has 1 aliphatic rings. The van der Waals surface area contributed by atoms with Gasteiger partial charge in [0.05, 0.1) is 5.02 Å². The fraction of sp³-hybridized carbons (Fsp3) is 0.455. The van der Waals surface area contributed by atoms with Crippen molar-refractivity contribution in [2.75, 3.05) is 19.6 Å². The molecular formula is C11H13BrClFN2O2S. The lowest BCUT2D eigenvalue weighted by molar-refractivity contribution is 0.310. The maximum Gasteiger partial charge on any atom is 0.245 e. The molecule has 0 aliphatic carbocycles. The zero-order chi connectivity index (χ0) is 14.2. The summed E-state index contributed by atoms with van der Waals surface area (Å²) in [5.41, 5.74) is 0. The molecule has 1 N–H and O–H groups in total. The van der Waals surface area contributed by atoms with Gasteiger partial charge < -0.3 is 5.32 Å². The quantitative estimate of drug-likeness (QED) is 0.867. The summed E-state index contributed by atoms with van der Waals surface area (Å²) in [6.45, 7) is 3.22. The first-order valence-corrected chi connectivity index (χ1v) is 8.31. The van der Waals surface area contributed by atoms with Gasteiger partial charge in [-0.25, -0.2) is 12.8 Å². The summed E-state index contributed by atoms with van der Waals surface area (Å²) in [6, 6.07) is 2.18. The van der Waals surface area contributed by atoms with Gasteiger partial charge in [0.2, 0.25) is 10.0 Å². The number of nitrogens with zero attached hydrogens (tertiary/aromatic N) is 1. The van der Waals surface area contributed by atoms with E-state index in [9.17, 15) is 12.8 Å². The maximum atomic E-state index is 13.2. The SMILES string of the molecule is CC1CN(S(=O)(=O)c2c(Cl)cc(F)cc2Br)CCN1. The summed E-state index contributed by atoms with van der Waals surface area (Å²) < 4.78 is 39.8. The third-order valence-corrected chi connectivity index (χ3v) is 6.16. The van der Waals surface area contributed by atoms with Crippen LogP contribution in [0.2, 0.25) is 5.02 Å². The van der Waals surface area contributed by atoms with Crippen LogP contribution in [0.5, 0.6) is 0 Å². The monoisotopic (exact) mass is 370 g/mol. The topological polar surface area (TPSA) is 49.4 Å². The van der Waals surface area contributed by atoms with E-state index in [1.54, 1.807) is 0 Å². The number of nitrogens with one attached hydrogen (secondary N) is 1. The number of piperazine rings is 1. The highest BCUT2D eigenvalue weighted by atomic mass is 79.9. The van der Waals surface area contributed by atoms with Crippen molar-refractivity contribution in [1.29, 1.82) is 0 Å². The molecule has 0 amide bonds. The Bertz CT molecular complexity index is 573. The molecule has 4 nitrogen and oxygen atoms in total. The number of benzene rings is 1. The highest BCUT2D eigenvalue weighted by Gasteiger charge is 2.32. The number of hydrogen-bond acceptors (Lipinski definition) is 3. The van der Waals surface area contributed by atoms with Gasteiger partial charge in [-0.1, -0.05) is 11.6 Å². The second-order valence-corrected chi connectivity index (χ2v) is 7.55. The maximum absolute atomic E-state index is 13.2. The van der Waals surface area contributed by atoms with Crippen molar-refractivity contribution < 1.29 is 12.8 Å². The molecule has 1 aromatic carbocycles. The first-order valence-electron chi connectivity index (χ1n) is 5.70. The summed E-state index contributed by atoms with van der Waals surface area (Å²) >= 11 is 8.95. The predicted octanol–water partition coefficient (Wildman–Crippen LogP) is 2.22. The molecule has 19 heavy (non-hydrogen) atoms. The van der Waals surface area contributed by atoms with E-state index in [1.165, 1.54) is 4.31 Å². The molecule has 1 heterocycles. The van der Waals surface area contributed by atoms with Gasteiger partial charge in [0.15, 0.2) is 0 Å². The van der Waals surface area contributed by atoms with E-state index in [2.05, 4.69) is 21.2 Å². The van der Waals surface area contributed by atoms with Crippen LogP contribution in [0.15, 0.2) is 21.5 Å². The van der Waals surface area contributed by atoms with Gasteiger partial charge in [-0.05, 0) is 35.0 Å². The largest absolute Gasteiger partial charge is 0.312 e. The van der Waals surface area contributed by atoms with Gasteiger partial charge in [-0.2, -0.15) is 4.31 Å². The second-order valence-electron chi connectivity index (χ2n) is 4.42. The van der Waals surface area contributed by atoms with Crippen LogP contribution in [-0.2, 0) is 10.0 Å². The Labute approximate surface area is 125 Å². The van der Waals surface area contributed by atoms with Crippen molar-refractivity contribution >= 4 is 37.6 Å². The highest BCUT2D eigenvalue weighted by molar-refractivity contribution is 9.10. The first-order chi connectivity index (χ1) is 8.82. The molecule has 0 aromatic heterocycles. The molecule has 1 fully saturated rings. The smallest absolute Gasteiger partial charge is 0.245 e. The third-order valence-electron chi connectivity index (χ3n) is 2.89. The molecular weight excluding hydrogens is 359 g/mol. The van der Waals surface area contributed by atoms with Crippen molar-refractivity contribution in [3.05, 3.63) is 27.4 Å². The zero-order valence-electron chi connectivity index (χ0n) is 10.2. The summed E-state index contributed by atoms with van der Waals surface area (Å²) in [6.07, 6.45) is 0. The number of rotatable bonds is 2. The molecule has 0 saturated carbocycles. The Morgan fingerprint density at radius 3 is 2.79 bits per heavy atom. The molecule has 8 heteroatoms. The summed E-state index contributed by atoms with van der Waals surface area (Å²) in [4.78, 5) is -0.0790. The average Bonchev–Trinajstić information content (AvgIpc) is 2.26. The number of sulfonamides is 1. The molecule has 0 bridgehead atoms. The lowest BCUT2D eigenvalue weighted by atomic mass is 10.3. The van der Waals surface area contributed by atoms with E-state index in [4.69, 9.17) is 11.6 Å². The minimum absolute atomic E-state index is 0.0709. The van der Waals surface area contributed by atoms with Gasteiger partial charge in [0, 0.05) is 30.1 Å². The Hall–Kier alpha value is -0.210. The number of hydrogen-bond donors (Lipinski definition) is 1. The van der Waals surface area contributed by atoms with Gasteiger partial charge >= 0.3 is 0 Å². The van der Waals surface area contributed by atoms with Gasteiger partial charge in [-0.3, -0.25) is 0 Å². The molecule has 1 unspecified atom stereocenters. The molecule has 0 spiro atoms. The van der Waals surface area contributed by atoms with E-state index >= 15 is 0 Å². The van der Waals surface area contributed by atoms with Crippen molar-refractivity contribution in [1.82, 2.24) is 9.62 Å². The Morgan fingerprint density at radius 2 is 2.21 bits per heavy atom. The minimum Gasteiger partial charge on any atom is -0.312 e. The normalized spacial score (nSPS) is 21.6. The molecule has 2 rings (SSSR count). The van der Waals surface area contributed by atoms with Crippen LogP contribution in [0.1, 0.15) is 6.92 Å². The first kappa shape index (κ1) is 15.2. The van der Waals surface area contributed by atoms with Crippen molar-refractivity contribution in [2.45, 2.75) is 17.9 Å². The fourth-order valence-electron chi connectivity index (χ4n) is 2.02. The van der Waals surface area contributed by atoms with Gasteiger partial charge in [0.1, 0.15) is 10.7 Å². The van der Waals surface area contributed by atoms with Crippen LogP contribution in [-0.4, -0.2) is 38.4 Å². The van der Waals surface area contributed by atoms with E-state index in [0.717, 1.165) is 12.1 Å². The summed E-state index contributed by atoms with van der Waals surface area (Å²) in [5, 5.41) is 3.05. The summed E-state index contributed by atoms with van der Waals surface area (Å²) in [5.74, 6) is -0.579. The van der Waals surface area contributed by atoms with Crippen LogP contribution in [0.3, 0.4) is 0 Å². The Balaban J connectivity index is 2.45. The molecule has 0 radical (unpaired) electrons. The zero-order valence-corrected chi connectivity index (χ0v) is 13.3. The Kier molecular flexibility index (Phi) is 4.52. The van der Waals surface area contributed by atoms with Crippen LogP contribution < -0.4 is 5.32 Å². The lowest BCUT2D eigenvalue weighted by Gasteiger charge is -2.31. The standard InChI is InChI=1S/C11H13BrClFN2O2S/c1-7-6-16(3-2-15-7)19(17,18)11-9(12)4-8(14)5-10(11)13/h4-5,7,15H,2-3,6H2,1H3. The average molecular weight is 372 g/mol. The van der Waals surface area contributed by atoms with Crippen molar-refractivity contribution in [3.63, 3.8) is 0 Å². The molecule has 1 saturated heterocycles.